The lowest BCUT2D eigenvalue weighted by molar-refractivity contribution is -0.152. The number of amides is 1. The number of benzene rings is 1. The van der Waals surface area contributed by atoms with Gasteiger partial charge in [-0.25, -0.2) is 9.78 Å². The van der Waals surface area contributed by atoms with Gasteiger partial charge in [-0.1, -0.05) is 46.8 Å². The first-order valence-corrected chi connectivity index (χ1v) is 12.4. The van der Waals surface area contributed by atoms with Crippen molar-refractivity contribution in [3.8, 4) is 11.8 Å². The van der Waals surface area contributed by atoms with E-state index in [0.717, 1.165) is 10.1 Å². The summed E-state index contributed by atoms with van der Waals surface area (Å²) in [6.07, 6.45) is 1.61. The highest BCUT2D eigenvalue weighted by Crippen LogP contribution is 2.59. The molecule has 8 nitrogen and oxygen atoms in total. The first kappa shape index (κ1) is 24.8. The number of fused-ring (bicyclic) bond motifs is 1. The third-order valence-corrected chi connectivity index (χ3v) is 7.51. The molecule has 0 spiro atoms. The maximum absolute atomic E-state index is 14.2. The summed E-state index contributed by atoms with van der Waals surface area (Å²) in [7, 11) is 1.46. The van der Waals surface area contributed by atoms with E-state index in [4.69, 9.17) is 0 Å². The number of aromatic nitrogens is 2. The van der Waals surface area contributed by atoms with Gasteiger partial charge in [-0.05, 0) is 35.4 Å². The maximum atomic E-state index is 14.2. The normalized spacial score (nSPS) is 19.9. The highest BCUT2D eigenvalue weighted by molar-refractivity contribution is 7.09. The molecule has 0 saturated carbocycles. The summed E-state index contributed by atoms with van der Waals surface area (Å²) in [5, 5.41) is 34.9. The number of hydrogen-bond donors (Lipinski definition) is 3. The van der Waals surface area contributed by atoms with E-state index in [9.17, 15) is 24.9 Å². The monoisotopic (exact) mass is 497 g/mol. The summed E-state index contributed by atoms with van der Waals surface area (Å²) in [6.45, 7) is 9.94. The van der Waals surface area contributed by atoms with Crippen LogP contribution in [0.25, 0.3) is 0 Å². The maximum Gasteiger partial charge on any atom is 0.334 e. The van der Waals surface area contributed by atoms with Crippen LogP contribution in [0.15, 0.2) is 35.8 Å². The Hall–Kier alpha value is -3.33. The van der Waals surface area contributed by atoms with Crippen molar-refractivity contribution >= 4 is 23.2 Å². The van der Waals surface area contributed by atoms with Crippen LogP contribution in [0, 0.1) is 5.92 Å². The molecular formula is C26H31N3O5S. The lowest BCUT2D eigenvalue weighted by Gasteiger charge is -2.39. The molecule has 1 aliphatic rings. The first-order chi connectivity index (χ1) is 16.3. The van der Waals surface area contributed by atoms with Crippen molar-refractivity contribution in [2.75, 3.05) is 0 Å². The van der Waals surface area contributed by atoms with E-state index >= 15 is 0 Å². The topological polar surface area (TPSA) is 116 Å². The summed E-state index contributed by atoms with van der Waals surface area (Å²) >= 11 is 1.26. The Morgan fingerprint density at radius 3 is 2.26 bits per heavy atom. The Balaban J connectivity index is 2.00. The van der Waals surface area contributed by atoms with Gasteiger partial charge in [-0.3, -0.25) is 9.36 Å². The van der Waals surface area contributed by atoms with Crippen LogP contribution < -0.4 is 0 Å². The van der Waals surface area contributed by atoms with Gasteiger partial charge < -0.3 is 20.2 Å². The number of carboxylic acids is 1. The SMILES string of the molecule is CC(C)C[C@@]1(C(=O)O)c2c(c(O)n(C)c2O)[C@H](c2nccs2)N1C(=O)c1ccc(C(C)(C)C)cc1. The molecule has 1 aliphatic heterocycles. The Morgan fingerprint density at radius 2 is 1.77 bits per heavy atom. The minimum Gasteiger partial charge on any atom is -0.494 e. The smallest absolute Gasteiger partial charge is 0.334 e. The van der Waals surface area contributed by atoms with E-state index < -0.39 is 23.5 Å². The molecule has 3 N–H and O–H groups in total. The number of carbonyl (C=O) groups excluding carboxylic acids is 1. The summed E-state index contributed by atoms with van der Waals surface area (Å²) < 4.78 is 1.16. The van der Waals surface area contributed by atoms with Gasteiger partial charge in [0.15, 0.2) is 17.3 Å². The molecule has 1 aromatic carbocycles. The number of hydrogen-bond acceptors (Lipinski definition) is 6. The quantitative estimate of drug-likeness (QED) is 0.468. The van der Waals surface area contributed by atoms with Crippen LogP contribution in [0.5, 0.6) is 11.8 Å². The average Bonchev–Trinajstić information content (AvgIpc) is 3.46. The summed E-state index contributed by atoms with van der Waals surface area (Å²) in [4.78, 5) is 33.0. The van der Waals surface area contributed by atoms with E-state index in [1.54, 1.807) is 23.7 Å². The number of thiazole rings is 1. The number of carboxylic acid groups (broad SMARTS) is 1. The molecule has 3 heterocycles. The van der Waals surface area contributed by atoms with E-state index in [0.29, 0.717) is 10.6 Å². The number of nitrogens with zero attached hydrogens (tertiary/aromatic N) is 3. The van der Waals surface area contributed by atoms with Crippen LogP contribution in [0.2, 0.25) is 0 Å². The van der Waals surface area contributed by atoms with Gasteiger partial charge in [-0.2, -0.15) is 0 Å². The van der Waals surface area contributed by atoms with Crippen LogP contribution in [0.1, 0.15) is 79.1 Å². The van der Waals surface area contributed by atoms with Crippen LogP contribution in [0.4, 0.5) is 0 Å². The molecule has 0 unspecified atom stereocenters. The standard InChI is InChI=1S/C26H31N3O5S/c1-14(2)13-26(24(33)34)18-17(22(31)28(6)23(18)32)19(20-27-11-12-35-20)29(26)21(30)15-7-9-16(10-8-15)25(3,4)5/h7-12,14,19,31-32H,13H2,1-6H3,(H,33,34)/t19-,26+/m1/s1. The van der Waals surface area contributed by atoms with Crippen LogP contribution in [-0.2, 0) is 22.8 Å². The van der Waals surface area contributed by atoms with Gasteiger partial charge in [0.25, 0.3) is 5.91 Å². The zero-order valence-electron chi connectivity index (χ0n) is 20.7. The zero-order valence-corrected chi connectivity index (χ0v) is 21.6. The second kappa shape index (κ2) is 8.41. The van der Waals surface area contributed by atoms with E-state index in [-0.39, 0.29) is 40.6 Å². The van der Waals surface area contributed by atoms with Crippen molar-refractivity contribution in [1.82, 2.24) is 14.5 Å². The Kier molecular flexibility index (Phi) is 5.95. The summed E-state index contributed by atoms with van der Waals surface area (Å²) in [5.74, 6) is -2.58. The fraction of sp³-hybridized carbons (Fsp3) is 0.423. The largest absolute Gasteiger partial charge is 0.494 e. The van der Waals surface area contributed by atoms with Crippen molar-refractivity contribution in [3.05, 3.63) is 63.1 Å². The molecule has 0 fully saturated rings. The second-order valence-electron chi connectivity index (χ2n) is 10.5. The Bertz CT molecular complexity index is 1270. The number of aromatic hydroxyl groups is 2. The molecule has 0 aliphatic carbocycles. The molecule has 1 amide bonds. The second-order valence-corrected chi connectivity index (χ2v) is 11.5. The van der Waals surface area contributed by atoms with Gasteiger partial charge in [0, 0.05) is 24.2 Å². The third-order valence-electron chi connectivity index (χ3n) is 6.69. The highest BCUT2D eigenvalue weighted by Gasteiger charge is 2.62. The van der Waals surface area contributed by atoms with Crippen molar-refractivity contribution < 1.29 is 24.9 Å². The van der Waals surface area contributed by atoms with Crippen molar-refractivity contribution in [3.63, 3.8) is 0 Å². The van der Waals surface area contributed by atoms with Gasteiger partial charge in [-0.15, -0.1) is 11.3 Å². The van der Waals surface area contributed by atoms with E-state index in [2.05, 4.69) is 25.8 Å². The number of aliphatic carboxylic acids is 1. The average molecular weight is 498 g/mol. The Morgan fingerprint density at radius 1 is 1.14 bits per heavy atom. The molecule has 0 radical (unpaired) electrons. The first-order valence-electron chi connectivity index (χ1n) is 11.5. The molecule has 9 heteroatoms. The van der Waals surface area contributed by atoms with Crippen LogP contribution in [-0.4, -0.2) is 41.6 Å². The van der Waals surface area contributed by atoms with Gasteiger partial charge in [0.1, 0.15) is 11.0 Å². The predicted molar refractivity (Wildman–Crippen MR) is 133 cm³/mol. The lowest BCUT2D eigenvalue weighted by Crippen LogP contribution is -2.53. The van der Waals surface area contributed by atoms with Crippen LogP contribution >= 0.6 is 11.3 Å². The molecule has 0 saturated heterocycles. The molecule has 0 bridgehead atoms. The molecular weight excluding hydrogens is 466 g/mol. The minimum atomic E-state index is -1.90. The van der Waals surface area contributed by atoms with E-state index in [1.165, 1.54) is 23.3 Å². The van der Waals surface area contributed by atoms with E-state index in [1.807, 2.05) is 26.0 Å². The lowest BCUT2D eigenvalue weighted by atomic mass is 9.82. The molecule has 3 aromatic rings. The number of rotatable bonds is 5. The molecule has 35 heavy (non-hydrogen) atoms. The zero-order chi connectivity index (χ0) is 25.9. The molecule has 2 aromatic heterocycles. The number of carbonyl (C=O) groups is 2. The van der Waals surface area contributed by atoms with Gasteiger partial charge in [0.2, 0.25) is 0 Å². The van der Waals surface area contributed by atoms with Crippen molar-refractivity contribution in [2.45, 2.75) is 58.0 Å². The molecule has 2 atom stereocenters. The molecule has 186 valence electrons. The third kappa shape index (κ3) is 3.69. The highest BCUT2D eigenvalue weighted by atomic mass is 32.1. The van der Waals surface area contributed by atoms with Gasteiger partial charge >= 0.3 is 5.97 Å². The predicted octanol–water partition coefficient (Wildman–Crippen LogP) is 4.76. The fourth-order valence-electron chi connectivity index (χ4n) is 5.05. The Labute approximate surface area is 208 Å². The van der Waals surface area contributed by atoms with Crippen LogP contribution in [0.3, 0.4) is 0 Å². The van der Waals surface area contributed by atoms with Crippen molar-refractivity contribution in [1.29, 1.82) is 0 Å². The van der Waals surface area contributed by atoms with Gasteiger partial charge in [0.05, 0.1) is 11.1 Å². The molecule has 4 rings (SSSR count). The van der Waals surface area contributed by atoms with Crippen molar-refractivity contribution in [2.24, 2.45) is 13.0 Å². The summed E-state index contributed by atoms with van der Waals surface area (Å²) in [5.41, 5.74) is -0.417. The summed E-state index contributed by atoms with van der Waals surface area (Å²) in [6, 6.07) is 6.17. The minimum absolute atomic E-state index is 0.0403. The fourth-order valence-corrected chi connectivity index (χ4v) is 5.79.